The maximum atomic E-state index is 9.15. The van der Waals surface area contributed by atoms with Crippen molar-refractivity contribution in [3.8, 4) is 5.88 Å². The van der Waals surface area contributed by atoms with Crippen molar-refractivity contribution >= 4 is 0 Å². The van der Waals surface area contributed by atoms with Gasteiger partial charge in [0.15, 0.2) is 0 Å². The van der Waals surface area contributed by atoms with Gasteiger partial charge in [-0.1, -0.05) is 6.07 Å². The van der Waals surface area contributed by atoms with Crippen molar-refractivity contribution in [2.24, 2.45) is 0 Å². The van der Waals surface area contributed by atoms with Gasteiger partial charge in [0, 0.05) is 18.3 Å². The molecule has 4 heteroatoms. The first-order chi connectivity index (χ1) is 8.09. The van der Waals surface area contributed by atoms with E-state index in [2.05, 4.69) is 10.3 Å². The molecule has 0 bridgehead atoms. The maximum absolute atomic E-state index is 9.15. The highest BCUT2D eigenvalue weighted by Gasteiger charge is 2.06. The van der Waals surface area contributed by atoms with Crippen LogP contribution < -0.4 is 10.1 Å². The number of hydrogen-bond donors (Lipinski definition) is 2. The molecule has 0 aliphatic rings. The van der Waals surface area contributed by atoms with E-state index in [1.807, 2.05) is 26.0 Å². The van der Waals surface area contributed by atoms with Crippen LogP contribution in [0.5, 0.6) is 5.88 Å². The third-order valence-electron chi connectivity index (χ3n) is 2.25. The molecule has 2 N–H and O–H groups in total. The van der Waals surface area contributed by atoms with Crippen molar-refractivity contribution in [1.29, 1.82) is 0 Å². The number of aliphatic hydroxyl groups excluding tert-OH is 1. The monoisotopic (exact) mass is 238 g/mol. The van der Waals surface area contributed by atoms with E-state index in [-0.39, 0.29) is 12.2 Å². The van der Waals surface area contributed by atoms with E-state index < -0.39 is 0 Å². The molecule has 17 heavy (non-hydrogen) atoms. The Labute approximate surface area is 103 Å². The summed E-state index contributed by atoms with van der Waals surface area (Å²) in [5, 5.41) is 12.4. The van der Waals surface area contributed by atoms with E-state index in [4.69, 9.17) is 9.84 Å². The van der Waals surface area contributed by atoms with Gasteiger partial charge in [-0.05, 0) is 39.8 Å². The molecule has 0 amide bonds. The molecular weight excluding hydrogens is 216 g/mol. The Morgan fingerprint density at radius 3 is 2.82 bits per heavy atom. The van der Waals surface area contributed by atoms with Gasteiger partial charge in [0.25, 0.3) is 0 Å². The van der Waals surface area contributed by atoms with E-state index in [1.54, 1.807) is 13.1 Å². The molecule has 4 nitrogen and oxygen atoms in total. The lowest BCUT2D eigenvalue weighted by Gasteiger charge is -2.13. The molecule has 0 saturated carbocycles. The second-order valence-electron chi connectivity index (χ2n) is 4.45. The van der Waals surface area contributed by atoms with Crippen LogP contribution in [0.3, 0.4) is 0 Å². The van der Waals surface area contributed by atoms with E-state index in [1.165, 1.54) is 0 Å². The summed E-state index contributed by atoms with van der Waals surface area (Å²) in [5.74, 6) is 0.687. The number of rotatable bonds is 7. The smallest absolute Gasteiger partial charge is 0.218 e. The second-order valence-corrected chi connectivity index (χ2v) is 4.45. The normalized spacial score (nSPS) is 12.8. The Bertz CT molecular complexity index is 327. The third kappa shape index (κ3) is 5.65. The van der Waals surface area contributed by atoms with Gasteiger partial charge in [-0.15, -0.1) is 0 Å². The largest absolute Gasteiger partial charge is 0.475 e. The van der Waals surface area contributed by atoms with Crippen molar-refractivity contribution in [3.63, 3.8) is 0 Å². The Hall–Kier alpha value is -1.13. The predicted octanol–water partition coefficient (Wildman–Crippen LogP) is 1.73. The zero-order valence-electron chi connectivity index (χ0n) is 10.8. The number of nitrogens with zero attached hydrogens (tertiary/aromatic N) is 1. The zero-order valence-corrected chi connectivity index (χ0v) is 10.8. The topological polar surface area (TPSA) is 54.4 Å². The molecule has 1 aromatic heterocycles. The number of nitrogens with one attached hydrogen (secondary N) is 1. The predicted molar refractivity (Wildman–Crippen MR) is 68.0 cm³/mol. The molecule has 1 aromatic rings. The number of hydrogen-bond acceptors (Lipinski definition) is 4. The fourth-order valence-corrected chi connectivity index (χ4v) is 1.42. The number of ether oxygens (including phenoxy) is 1. The van der Waals surface area contributed by atoms with E-state index >= 15 is 0 Å². The first-order valence-electron chi connectivity index (χ1n) is 6.09. The zero-order chi connectivity index (χ0) is 12.7. The first kappa shape index (κ1) is 13.9. The van der Waals surface area contributed by atoms with Crippen LogP contribution in [0.2, 0.25) is 0 Å². The SMILES string of the molecule is CC(O)CCNCc1cccnc1OC(C)C. The van der Waals surface area contributed by atoms with Crippen LogP contribution in [0.25, 0.3) is 0 Å². The van der Waals surface area contributed by atoms with Gasteiger partial charge < -0.3 is 15.2 Å². The minimum absolute atomic E-state index is 0.126. The van der Waals surface area contributed by atoms with Crippen LogP contribution in [0, 0.1) is 0 Å². The van der Waals surface area contributed by atoms with Gasteiger partial charge in [-0.25, -0.2) is 4.98 Å². The molecule has 1 unspecified atom stereocenters. The van der Waals surface area contributed by atoms with Crippen LogP contribution in [-0.4, -0.2) is 28.8 Å². The van der Waals surface area contributed by atoms with Crippen molar-refractivity contribution in [2.45, 2.75) is 45.9 Å². The molecule has 0 saturated heterocycles. The molecule has 0 radical (unpaired) electrons. The quantitative estimate of drug-likeness (QED) is 0.710. The Balaban J connectivity index is 2.46. The Morgan fingerprint density at radius 1 is 1.41 bits per heavy atom. The number of aromatic nitrogens is 1. The van der Waals surface area contributed by atoms with E-state index in [0.717, 1.165) is 18.5 Å². The van der Waals surface area contributed by atoms with Gasteiger partial charge in [-0.3, -0.25) is 0 Å². The lowest BCUT2D eigenvalue weighted by Crippen LogP contribution is -2.19. The summed E-state index contributed by atoms with van der Waals surface area (Å²) in [5.41, 5.74) is 1.05. The van der Waals surface area contributed by atoms with Crippen LogP contribution >= 0.6 is 0 Å². The molecule has 0 fully saturated rings. The molecule has 0 aliphatic carbocycles. The summed E-state index contributed by atoms with van der Waals surface area (Å²) < 4.78 is 5.62. The van der Waals surface area contributed by atoms with Crippen LogP contribution in [0.4, 0.5) is 0 Å². The number of pyridine rings is 1. The summed E-state index contributed by atoms with van der Waals surface area (Å²) in [6.45, 7) is 7.26. The average molecular weight is 238 g/mol. The highest BCUT2D eigenvalue weighted by molar-refractivity contribution is 5.25. The van der Waals surface area contributed by atoms with Gasteiger partial charge in [0.1, 0.15) is 0 Å². The van der Waals surface area contributed by atoms with Gasteiger partial charge >= 0.3 is 0 Å². The van der Waals surface area contributed by atoms with Gasteiger partial charge in [-0.2, -0.15) is 0 Å². The second kappa shape index (κ2) is 7.25. The van der Waals surface area contributed by atoms with Crippen LogP contribution in [0.1, 0.15) is 32.8 Å². The minimum atomic E-state index is -0.261. The molecule has 96 valence electrons. The van der Waals surface area contributed by atoms with Crippen LogP contribution in [-0.2, 0) is 6.54 Å². The van der Waals surface area contributed by atoms with Gasteiger partial charge in [0.2, 0.25) is 5.88 Å². The van der Waals surface area contributed by atoms with Crippen molar-refractivity contribution in [1.82, 2.24) is 10.3 Å². The molecule has 0 aliphatic heterocycles. The lowest BCUT2D eigenvalue weighted by atomic mass is 10.2. The molecular formula is C13H22N2O2. The number of aliphatic hydroxyl groups is 1. The summed E-state index contributed by atoms with van der Waals surface area (Å²) >= 11 is 0. The first-order valence-corrected chi connectivity index (χ1v) is 6.09. The minimum Gasteiger partial charge on any atom is -0.475 e. The third-order valence-corrected chi connectivity index (χ3v) is 2.25. The Kier molecular flexibility index (Phi) is 5.94. The highest BCUT2D eigenvalue weighted by Crippen LogP contribution is 2.15. The van der Waals surface area contributed by atoms with Gasteiger partial charge in [0.05, 0.1) is 12.2 Å². The van der Waals surface area contributed by atoms with Crippen molar-refractivity contribution in [2.75, 3.05) is 6.54 Å². The fraction of sp³-hybridized carbons (Fsp3) is 0.615. The summed E-state index contributed by atoms with van der Waals surface area (Å²) in [6, 6.07) is 3.90. The molecule has 1 atom stereocenters. The lowest BCUT2D eigenvalue weighted by molar-refractivity contribution is 0.183. The summed E-state index contributed by atoms with van der Waals surface area (Å²) in [4.78, 5) is 4.22. The maximum Gasteiger partial charge on any atom is 0.218 e. The van der Waals surface area contributed by atoms with Crippen LogP contribution in [0.15, 0.2) is 18.3 Å². The standard InChI is InChI=1S/C13H22N2O2/c1-10(2)17-13-12(5-4-7-15-13)9-14-8-6-11(3)16/h4-5,7,10-11,14,16H,6,8-9H2,1-3H3. The summed E-state index contributed by atoms with van der Waals surface area (Å²) in [6.07, 6.45) is 2.35. The van der Waals surface area contributed by atoms with Crippen molar-refractivity contribution in [3.05, 3.63) is 23.9 Å². The molecule has 0 spiro atoms. The highest BCUT2D eigenvalue weighted by atomic mass is 16.5. The average Bonchev–Trinajstić information content (AvgIpc) is 2.25. The molecule has 0 aromatic carbocycles. The van der Waals surface area contributed by atoms with Crippen molar-refractivity contribution < 1.29 is 9.84 Å². The fourth-order valence-electron chi connectivity index (χ4n) is 1.42. The Morgan fingerprint density at radius 2 is 2.18 bits per heavy atom. The summed E-state index contributed by atoms with van der Waals surface area (Å²) in [7, 11) is 0. The van der Waals surface area contributed by atoms with E-state index in [0.29, 0.717) is 12.4 Å². The molecule has 1 heterocycles. The molecule has 1 rings (SSSR count). The van der Waals surface area contributed by atoms with E-state index in [9.17, 15) is 0 Å².